The summed E-state index contributed by atoms with van der Waals surface area (Å²) in [5.41, 5.74) is 1.34. The number of hydrogen-bond donors (Lipinski definition) is 2. The Kier molecular flexibility index (Phi) is 8.18. The molecule has 22 heavy (non-hydrogen) atoms. The zero-order chi connectivity index (χ0) is 13.8. The van der Waals surface area contributed by atoms with Crippen molar-refractivity contribution in [1.29, 1.82) is 0 Å². The number of hydrogen-bond acceptors (Lipinski definition) is 3. The third-order valence-corrected chi connectivity index (χ3v) is 4.24. The van der Waals surface area contributed by atoms with Crippen molar-refractivity contribution in [3.8, 4) is 0 Å². The van der Waals surface area contributed by atoms with Gasteiger partial charge in [-0.25, -0.2) is 0 Å². The number of rotatable bonds is 4. The first-order valence-electron chi connectivity index (χ1n) is 7.61. The molecule has 124 valence electrons. The fourth-order valence-corrected chi connectivity index (χ4v) is 3.15. The summed E-state index contributed by atoms with van der Waals surface area (Å²) in [4.78, 5) is 14.5. The number of likely N-dealkylation sites (tertiary alicyclic amines) is 1. The van der Waals surface area contributed by atoms with Crippen LogP contribution in [0.4, 0.5) is 0 Å². The molecular weight excluding hydrogens is 321 g/mol. The highest BCUT2D eigenvalue weighted by atomic mass is 35.5. The largest absolute Gasteiger partial charge is 0.351 e. The van der Waals surface area contributed by atoms with Crippen LogP contribution in [0, 0.1) is 0 Å². The van der Waals surface area contributed by atoms with Gasteiger partial charge in [0, 0.05) is 25.7 Å². The van der Waals surface area contributed by atoms with Gasteiger partial charge in [0.1, 0.15) is 0 Å². The van der Waals surface area contributed by atoms with Gasteiger partial charge in [-0.15, -0.1) is 24.8 Å². The van der Waals surface area contributed by atoms with Crippen LogP contribution in [0.15, 0.2) is 30.3 Å². The van der Waals surface area contributed by atoms with E-state index in [1.54, 1.807) is 0 Å². The average Bonchev–Trinajstić information content (AvgIpc) is 3.11. The minimum Gasteiger partial charge on any atom is -0.351 e. The van der Waals surface area contributed by atoms with E-state index < -0.39 is 0 Å². The Balaban J connectivity index is 0.00000121. The van der Waals surface area contributed by atoms with Crippen molar-refractivity contribution in [3.05, 3.63) is 35.9 Å². The minimum atomic E-state index is 0. The Labute approximate surface area is 144 Å². The molecule has 6 heteroatoms. The Bertz CT molecular complexity index is 452. The van der Waals surface area contributed by atoms with Crippen molar-refractivity contribution < 1.29 is 4.79 Å². The van der Waals surface area contributed by atoms with E-state index in [1.807, 2.05) is 6.07 Å². The van der Waals surface area contributed by atoms with Gasteiger partial charge in [0.25, 0.3) is 0 Å². The molecule has 0 saturated carbocycles. The number of nitrogens with one attached hydrogen (secondary N) is 2. The van der Waals surface area contributed by atoms with Gasteiger partial charge in [0.05, 0.1) is 6.04 Å². The van der Waals surface area contributed by atoms with Crippen molar-refractivity contribution in [2.45, 2.75) is 37.9 Å². The Morgan fingerprint density at radius 3 is 2.68 bits per heavy atom. The van der Waals surface area contributed by atoms with Crippen molar-refractivity contribution in [3.63, 3.8) is 0 Å². The fraction of sp³-hybridized carbons (Fsp3) is 0.562. The van der Waals surface area contributed by atoms with E-state index in [4.69, 9.17) is 0 Å². The van der Waals surface area contributed by atoms with Crippen LogP contribution in [0.25, 0.3) is 0 Å². The van der Waals surface area contributed by atoms with Crippen molar-refractivity contribution in [2.24, 2.45) is 0 Å². The standard InChI is InChI=1S/C16H23N3O.2ClH/c20-16(15-7-4-9-17-15)18-14-8-10-19(12-14)11-13-5-2-1-3-6-13;;/h1-3,5-6,14-15,17H,4,7-12H2,(H,18,20);2*1H/t14?,15-;;/m0../s1. The molecule has 1 aromatic rings. The smallest absolute Gasteiger partial charge is 0.237 e. The normalized spacial score (nSPS) is 24.4. The average molecular weight is 346 g/mol. The summed E-state index contributed by atoms with van der Waals surface area (Å²) in [6.45, 7) is 3.99. The zero-order valence-electron chi connectivity index (χ0n) is 12.7. The Hall–Kier alpha value is -0.810. The second-order valence-electron chi connectivity index (χ2n) is 5.86. The zero-order valence-corrected chi connectivity index (χ0v) is 14.3. The van der Waals surface area contributed by atoms with E-state index in [0.29, 0.717) is 6.04 Å². The molecule has 2 fully saturated rings. The second-order valence-corrected chi connectivity index (χ2v) is 5.86. The third-order valence-electron chi connectivity index (χ3n) is 4.24. The summed E-state index contributed by atoms with van der Waals surface area (Å²) >= 11 is 0. The molecule has 3 rings (SSSR count). The molecule has 2 saturated heterocycles. The number of halogens is 2. The molecule has 0 radical (unpaired) electrons. The summed E-state index contributed by atoms with van der Waals surface area (Å²) in [6.07, 6.45) is 3.15. The summed E-state index contributed by atoms with van der Waals surface area (Å²) in [7, 11) is 0. The van der Waals surface area contributed by atoms with Crippen LogP contribution >= 0.6 is 24.8 Å². The van der Waals surface area contributed by atoms with Crippen LogP contribution in [0.3, 0.4) is 0 Å². The maximum Gasteiger partial charge on any atom is 0.237 e. The molecule has 2 heterocycles. The lowest BCUT2D eigenvalue weighted by Crippen LogP contribution is -2.46. The molecule has 1 amide bonds. The lowest BCUT2D eigenvalue weighted by molar-refractivity contribution is -0.123. The lowest BCUT2D eigenvalue weighted by atomic mass is 10.2. The SMILES string of the molecule is Cl.Cl.O=C(NC1CCN(Cc2ccccc2)C1)[C@@H]1CCCN1. The highest BCUT2D eigenvalue weighted by Crippen LogP contribution is 2.14. The topological polar surface area (TPSA) is 44.4 Å². The van der Waals surface area contributed by atoms with Crippen LogP contribution in [0.5, 0.6) is 0 Å². The van der Waals surface area contributed by atoms with Crippen molar-refractivity contribution in [1.82, 2.24) is 15.5 Å². The summed E-state index contributed by atoms with van der Waals surface area (Å²) in [6, 6.07) is 10.9. The maximum atomic E-state index is 12.1. The monoisotopic (exact) mass is 345 g/mol. The van der Waals surface area contributed by atoms with Gasteiger partial charge in [-0.05, 0) is 31.4 Å². The van der Waals surface area contributed by atoms with Crippen molar-refractivity contribution >= 4 is 30.7 Å². The molecule has 2 atom stereocenters. The van der Waals surface area contributed by atoms with E-state index in [1.165, 1.54) is 5.56 Å². The molecule has 2 aliphatic rings. The molecular formula is C16H25Cl2N3O. The first-order valence-corrected chi connectivity index (χ1v) is 7.61. The van der Waals surface area contributed by atoms with E-state index in [0.717, 1.165) is 45.4 Å². The van der Waals surface area contributed by atoms with Crippen LogP contribution < -0.4 is 10.6 Å². The Morgan fingerprint density at radius 2 is 2.00 bits per heavy atom. The first kappa shape index (κ1) is 19.2. The van der Waals surface area contributed by atoms with E-state index in [2.05, 4.69) is 39.8 Å². The van der Waals surface area contributed by atoms with E-state index >= 15 is 0 Å². The second kappa shape index (κ2) is 9.36. The molecule has 0 spiro atoms. The molecule has 0 aliphatic carbocycles. The molecule has 2 N–H and O–H groups in total. The highest BCUT2D eigenvalue weighted by molar-refractivity contribution is 5.85. The fourth-order valence-electron chi connectivity index (χ4n) is 3.15. The summed E-state index contributed by atoms with van der Waals surface area (Å²) < 4.78 is 0. The summed E-state index contributed by atoms with van der Waals surface area (Å²) in [5, 5.41) is 6.45. The van der Waals surface area contributed by atoms with Gasteiger partial charge in [0.2, 0.25) is 5.91 Å². The Morgan fingerprint density at radius 1 is 1.23 bits per heavy atom. The van der Waals surface area contributed by atoms with Crippen LogP contribution in [0.2, 0.25) is 0 Å². The number of amides is 1. The highest BCUT2D eigenvalue weighted by Gasteiger charge is 2.28. The summed E-state index contributed by atoms with van der Waals surface area (Å²) in [5.74, 6) is 0.189. The van der Waals surface area contributed by atoms with Gasteiger partial charge in [-0.2, -0.15) is 0 Å². The maximum absolute atomic E-state index is 12.1. The molecule has 0 aromatic heterocycles. The van der Waals surface area contributed by atoms with Gasteiger partial charge in [-0.3, -0.25) is 9.69 Å². The molecule has 1 aromatic carbocycles. The lowest BCUT2D eigenvalue weighted by Gasteiger charge is -2.18. The first-order chi connectivity index (χ1) is 9.81. The van der Waals surface area contributed by atoms with Gasteiger partial charge in [0.15, 0.2) is 0 Å². The number of benzene rings is 1. The van der Waals surface area contributed by atoms with Gasteiger partial charge in [-0.1, -0.05) is 30.3 Å². The van der Waals surface area contributed by atoms with Gasteiger partial charge < -0.3 is 10.6 Å². The predicted octanol–water partition coefficient (Wildman–Crippen LogP) is 1.97. The van der Waals surface area contributed by atoms with Gasteiger partial charge >= 0.3 is 0 Å². The molecule has 1 unspecified atom stereocenters. The molecule has 2 aliphatic heterocycles. The van der Waals surface area contributed by atoms with E-state index in [-0.39, 0.29) is 36.8 Å². The number of carbonyl (C=O) groups excluding carboxylic acids is 1. The molecule has 4 nitrogen and oxygen atoms in total. The number of carbonyl (C=O) groups is 1. The third kappa shape index (κ3) is 5.13. The van der Waals surface area contributed by atoms with Crippen molar-refractivity contribution in [2.75, 3.05) is 19.6 Å². The van der Waals surface area contributed by atoms with E-state index in [9.17, 15) is 4.79 Å². The number of nitrogens with zero attached hydrogens (tertiary/aromatic N) is 1. The quantitative estimate of drug-likeness (QED) is 0.876. The van der Waals surface area contributed by atoms with Crippen LogP contribution in [-0.2, 0) is 11.3 Å². The van der Waals surface area contributed by atoms with Crippen LogP contribution in [-0.4, -0.2) is 42.5 Å². The minimum absolute atomic E-state index is 0. The predicted molar refractivity (Wildman–Crippen MR) is 93.8 cm³/mol. The molecule has 0 bridgehead atoms. The van der Waals surface area contributed by atoms with Crippen LogP contribution in [0.1, 0.15) is 24.8 Å².